The van der Waals surface area contributed by atoms with Crippen LogP contribution in [0.2, 0.25) is 0 Å². The van der Waals surface area contributed by atoms with E-state index in [4.69, 9.17) is 54.4 Å². The fraction of sp³-hybridized carbons (Fsp3) is 0.500. The van der Waals surface area contributed by atoms with Gasteiger partial charge in [-0.05, 0) is 12.5 Å². The van der Waals surface area contributed by atoms with E-state index in [1.165, 1.54) is 0 Å². The molecule has 0 bridgehead atoms. The first-order chi connectivity index (χ1) is 9.81. The number of hydrogen-bond donors (Lipinski definition) is 1. The predicted octanol–water partition coefficient (Wildman–Crippen LogP) is 3.72. The van der Waals surface area contributed by atoms with E-state index < -0.39 is 15.3 Å². The Morgan fingerprint density at radius 1 is 1.33 bits per heavy atom. The Morgan fingerprint density at radius 3 is 2.62 bits per heavy atom. The molecule has 2 atom stereocenters. The maximum atomic E-state index is 7.46. The Labute approximate surface area is 138 Å². The SMILES string of the molecule is C[C@]1(COC(=N)C(Cl)(Cl)Cl)O[C@H]1COCc1ccccc1. The lowest BCUT2D eigenvalue weighted by molar-refractivity contribution is 0.104. The number of ether oxygens (including phenoxy) is 3. The third-order valence-corrected chi connectivity index (χ3v) is 3.69. The molecular weight excluding hydrogens is 337 g/mol. The molecule has 0 aromatic heterocycles. The lowest BCUT2D eigenvalue weighted by Crippen LogP contribution is -2.28. The summed E-state index contributed by atoms with van der Waals surface area (Å²) in [6.45, 7) is 3.01. The molecule has 1 saturated heterocycles. The van der Waals surface area contributed by atoms with Gasteiger partial charge in [0.25, 0.3) is 3.79 Å². The second kappa shape index (κ2) is 6.71. The van der Waals surface area contributed by atoms with E-state index in [-0.39, 0.29) is 12.7 Å². The van der Waals surface area contributed by atoms with Crippen molar-refractivity contribution in [1.29, 1.82) is 5.41 Å². The van der Waals surface area contributed by atoms with Gasteiger partial charge in [0.1, 0.15) is 18.3 Å². The van der Waals surface area contributed by atoms with E-state index in [9.17, 15) is 0 Å². The first kappa shape index (κ1) is 16.8. The van der Waals surface area contributed by atoms with E-state index in [0.29, 0.717) is 13.2 Å². The lowest BCUT2D eigenvalue weighted by atomic mass is 10.1. The summed E-state index contributed by atoms with van der Waals surface area (Å²) in [4.78, 5) is 0. The van der Waals surface area contributed by atoms with Gasteiger partial charge in [0.15, 0.2) is 0 Å². The lowest BCUT2D eigenvalue weighted by Gasteiger charge is -2.15. The topological polar surface area (TPSA) is 54.8 Å². The summed E-state index contributed by atoms with van der Waals surface area (Å²) >= 11 is 16.6. The van der Waals surface area contributed by atoms with Crippen LogP contribution in [0.1, 0.15) is 12.5 Å². The molecule has 1 fully saturated rings. The van der Waals surface area contributed by atoms with Crippen molar-refractivity contribution in [2.24, 2.45) is 0 Å². The van der Waals surface area contributed by atoms with Crippen molar-refractivity contribution in [3.8, 4) is 0 Å². The first-order valence-corrected chi connectivity index (χ1v) is 7.53. The highest BCUT2D eigenvalue weighted by Crippen LogP contribution is 2.37. The number of halogens is 3. The van der Waals surface area contributed by atoms with Gasteiger partial charge in [-0.3, -0.25) is 5.41 Å². The van der Waals surface area contributed by atoms with E-state index in [2.05, 4.69) is 0 Å². The van der Waals surface area contributed by atoms with Crippen LogP contribution in [-0.4, -0.2) is 34.6 Å². The van der Waals surface area contributed by atoms with E-state index in [1.54, 1.807) is 0 Å². The minimum atomic E-state index is -1.84. The van der Waals surface area contributed by atoms with Gasteiger partial charge >= 0.3 is 0 Å². The first-order valence-electron chi connectivity index (χ1n) is 6.39. The van der Waals surface area contributed by atoms with Crippen molar-refractivity contribution in [3.05, 3.63) is 35.9 Å². The summed E-state index contributed by atoms with van der Waals surface area (Å²) in [6.07, 6.45) is -0.0793. The molecule has 0 amide bonds. The molecule has 1 aliphatic heterocycles. The van der Waals surface area contributed by atoms with Crippen molar-refractivity contribution in [3.63, 3.8) is 0 Å². The maximum Gasteiger partial charge on any atom is 0.265 e. The molecule has 4 nitrogen and oxygen atoms in total. The number of hydrogen-bond acceptors (Lipinski definition) is 4. The number of benzene rings is 1. The third kappa shape index (κ3) is 5.01. The van der Waals surface area contributed by atoms with Crippen LogP contribution in [0, 0.1) is 5.41 Å². The fourth-order valence-corrected chi connectivity index (χ4v) is 1.95. The number of rotatable bonds is 6. The largest absolute Gasteiger partial charge is 0.475 e. The van der Waals surface area contributed by atoms with Crippen LogP contribution in [0.4, 0.5) is 0 Å². The molecule has 21 heavy (non-hydrogen) atoms. The smallest absolute Gasteiger partial charge is 0.265 e. The molecule has 0 spiro atoms. The Hall–Kier alpha value is -0.520. The summed E-state index contributed by atoms with van der Waals surface area (Å²) in [5.41, 5.74) is 0.605. The van der Waals surface area contributed by atoms with Gasteiger partial charge in [0, 0.05) is 0 Å². The standard InChI is InChI=1S/C14H16Cl3NO3/c1-13(9-20-12(18)14(15,16)17)11(21-13)8-19-7-10-5-3-2-4-6-10/h2-6,11,18H,7-9H2,1H3/t11-,13+/m0/s1. The van der Waals surface area contributed by atoms with Crippen LogP contribution in [0.15, 0.2) is 30.3 Å². The summed E-state index contributed by atoms with van der Waals surface area (Å²) in [6, 6.07) is 9.89. The molecule has 1 N–H and O–H groups in total. The van der Waals surface area contributed by atoms with Gasteiger partial charge in [-0.2, -0.15) is 0 Å². The molecule has 1 heterocycles. The van der Waals surface area contributed by atoms with Crippen molar-refractivity contribution < 1.29 is 14.2 Å². The van der Waals surface area contributed by atoms with Crippen LogP contribution in [0.3, 0.4) is 0 Å². The molecule has 0 radical (unpaired) electrons. The second-order valence-corrected chi connectivity index (χ2v) is 7.32. The average molecular weight is 353 g/mol. The van der Waals surface area contributed by atoms with Gasteiger partial charge in [-0.25, -0.2) is 0 Å². The highest BCUT2D eigenvalue weighted by Gasteiger charge is 2.53. The quantitative estimate of drug-likeness (QED) is 0.367. The highest BCUT2D eigenvalue weighted by molar-refractivity contribution is 6.76. The van der Waals surface area contributed by atoms with Gasteiger partial charge < -0.3 is 14.2 Å². The minimum absolute atomic E-state index is 0.0793. The second-order valence-electron chi connectivity index (χ2n) is 5.04. The number of epoxide rings is 1. The van der Waals surface area contributed by atoms with Crippen LogP contribution < -0.4 is 0 Å². The summed E-state index contributed by atoms with van der Waals surface area (Å²) in [5.74, 6) is -0.409. The third-order valence-electron chi connectivity index (χ3n) is 3.18. The normalized spacial score (nSPS) is 24.7. The van der Waals surface area contributed by atoms with Crippen LogP contribution in [0.25, 0.3) is 0 Å². The Kier molecular flexibility index (Phi) is 5.38. The average Bonchev–Trinajstić information content (AvgIpc) is 3.07. The number of nitrogens with one attached hydrogen (secondary N) is 1. The molecule has 7 heteroatoms. The summed E-state index contributed by atoms with van der Waals surface area (Å²) in [7, 11) is 0. The van der Waals surface area contributed by atoms with Gasteiger partial charge in [0.05, 0.1) is 13.2 Å². The van der Waals surface area contributed by atoms with Gasteiger partial charge in [-0.1, -0.05) is 65.1 Å². The van der Waals surface area contributed by atoms with Crippen LogP contribution in [-0.2, 0) is 20.8 Å². The van der Waals surface area contributed by atoms with Crippen LogP contribution >= 0.6 is 34.8 Å². The molecule has 116 valence electrons. The van der Waals surface area contributed by atoms with Gasteiger partial charge in [0.2, 0.25) is 5.90 Å². The van der Waals surface area contributed by atoms with E-state index >= 15 is 0 Å². The minimum Gasteiger partial charge on any atom is -0.475 e. The molecule has 0 aliphatic carbocycles. The molecule has 0 saturated carbocycles. The van der Waals surface area contributed by atoms with Crippen molar-refractivity contribution in [2.75, 3.05) is 13.2 Å². The van der Waals surface area contributed by atoms with Gasteiger partial charge in [-0.15, -0.1) is 0 Å². The summed E-state index contributed by atoms with van der Waals surface area (Å²) in [5, 5.41) is 7.46. The molecule has 1 aliphatic rings. The van der Waals surface area contributed by atoms with E-state index in [1.807, 2.05) is 37.3 Å². The molecule has 1 aromatic carbocycles. The zero-order valence-electron chi connectivity index (χ0n) is 11.4. The van der Waals surface area contributed by atoms with E-state index in [0.717, 1.165) is 5.56 Å². The fourth-order valence-electron chi connectivity index (χ4n) is 1.78. The number of alkyl halides is 3. The Bertz CT molecular complexity index is 492. The van der Waals surface area contributed by atoms with Crippen molar-refractivity contribution >= 4 is 40.7 Å². The molecule has 0 unspecified atom stereocenters. The van der Waals surface area contributed by atoms with Crippen molar-refractivity contribution in [1.82, 2.24) is 0 Å². The summed E-state index contributed by atoms with van der Waals surface area (Å²) < 4.78 is 14.4. The zero-order valence-corrected chi connectivity index (χ0v) is 13.7. The zero-order chi connectivity index (χ0) is 15.5. The van der Waals surface area contributed by atoms with Crippen LogP contribution in [0.5, 0.6) is 0 Å². The highest BCUT2D eigenvalue weighted by atomic mass is 35.6. The monoisotopic (exact) mass is 351 g/mol. The molecular formula is C14H16Cl3NO3. The maximum absolute atomic E-state index is 7.46. The van der Waals surface area contributed by atoms with Crippen molar-refractivity contribution in [2.45, 2.75) is 29.0 Å². The molecule has 2 rings (SSSR count). The Balaban J connectivity index is 1.67. The predicted molar refractivity (Wildman–Crippen MR) is 83.3 cm³/mol. The molecule has 1 aromatic rings. The Morgan fingerprint density at radius 2 is 2.00 bits per heavy atom.